The number of halogens is 1. The summed E-state index contributed by atoms with van der Waals surface area (Å²) in [4.78, 5) is 16.4. The van der Waals surface area contributed by atoms with Crippen LogP contribution in [0.25, 0.3) is 5.69 Å². The van der Waals surface area contributed by atoms with E-state index in [0.717, 1.165) is 5.56 Å². The molecular weight excluding hydrogens is 387 g/mol. The van der Waals surface area contributed by atoms with E-state index in [1.807, 2.05) is 31.2 Å². The number of aromatic nitrogens is 4. The van der Waals surface area contributed by atoms with E-state index in [0.29, 0.717) is 50.0 Å². The monoisotopic (exact) mass is 410 g/mol. The zero-order valence-corrected chi connectivity index (χ0v) is 16.7. The van der Waals surface area contributed by atoms with Gasteiger partial charge in [0.25, 0.3) is 5.91 Å². The lowest BCUT2D eigenvalue weighted by Gasteiger charge is -2.34. The predicted molar refractivity (Wildman–Crippen MR) is 108 cm³/mol. The highest BCUT2D eigenvalue weighted by atomic mass is 19.1. The molecule has 156 valence electrons. The maximum atomic E-state index is 13.5. The fourth-order valence-electron chi connectivity index (χ4n) is 3.34. The van der Waals surface area contributed by atoms with Gasteiger partial charge in [-0.15, -0.1) is 5.10 Å². The van der Waals surface area contributed by atoms with Crippen LogP contribution in [0.5, 0.6) is 5.75 Å². The predicted octanol–water partition coefficient (Wildman–Crippen LogP) is 1.83. The Morgan fingerprint density at radius 3 is 2.60 bits per heavy atom. The van der Waals surface area contributed by atoms with Gasteiger partial charge in [0.15, 0.2) is 12.4 Å². The van der Waals surface area contributed by atoms with E-state index in [1.54, 1.807) is 17.0 Å². The van der Waals surface area contributed by atoms with Crippen molar-refractivity contribution in [1.29, 1.82) is 0 Å². The van der Waals surface area contributed by atoms with E-state index in [1.165, 1.54) is 16.8 Å². The first kappa shape index (κ1) is 20.0. The molecule has 1 saturated heterocycles. The van der Waals surface area contributed by atoms with Crippen molar-refractivity contribution in [3.8, 4) is 11.4 Å². The molecule has 8 nitrogen and oxygen atoms in total. The molecule has 1 fully saturated rings. The van der Waals surface area contributed by atoms with Crippen LogP contribution < -0.4 is 4.74 Å². The molecule has 30 heavy (non-hydrogen) atoms. The Morgan fingerprint density at radius 2 is 1.87 bits per heavy atom. The third kappa shape index (κ3) is 4.80. The van der Waals surface area contributed by atoms with Crippen LogP contribution >= 0.6 is 0 Å². The standard InChI is InChI=1S/C21H23FN6O2/c1-16-5-7-19(8-6-16)30-15-21(29)27-11-9-26(10-12-27)14-20-23-24-25-28(20)18-4-2-3-17(22)13-18/h2-8,13H,9-12,14-15H2,1H3. The van der Waals surface area contributed by atoms with Gasteiger partial charge in [0.2, 0.25) is 0 Å². The summed E-state index contributed by atoms with van der Waals surface area (Å²) in [5.41, 5.74) is 1.73. The van der Waals surface area contributed by atoms with Crippen molar-refractivity contribution in [2.75, 3.05) is 32.8 Å². The number of carbonyl (C=O) groups excluding carboxylic acids is 1. The summed E-state index contributed by atoms with van der Waals surface area (Å²) in [6.07, 6.45) is 0. The quantitative estimate of drug-likeness (QED) is 0.617. The Bertz CT molecular complexity index is 999. The van der Waals surface area contributed by atoms with Gasteiger partial charge in [0, 0.05) is 26.2 Å². The van der Waals surface area contributed by atoms with Gasteiger partial charge in [-0.1, -0.05) is 23.8 Å². The molecule has 0 saturated carbocycles. The second-order valence-electron chi connectivity index (χ2n) is 7.25. The Balaban J connectivity index is 1.28. The Labute approximate surface area is 173 Å². The third-order valence-corrected chi connectivity index (χ3v) is 5.06. The van der Waals surface area contributed by atoms with E-state index >= 15 is 0 Å². The number of piperazine rings is 1. The minimum atomic E-state index is -0.339. The van der Waals surface area contributed by atoms with Crippen LogP contribution in [0.1, 0.15) is 11.4 Å². The highest BCUT2D eigenvalue weighted by Gasteiger charge is 2.23. The Hall–Kier alpha value is -3.33. The number of hydrogen-bond donors (Lipinski definition) is 0. The van der Waals surface area contributed by atoms with Crippen LogP contribution in [0.3, 0.4) is 0 Å². The number of carbonyl (C=O) groups is 1. The number of rotatable bonds is 6. The minimum Gasteiger partial charge on any atom is -0.484 e. The van der Waals surface area contributed by atoms with E-state index in [9.17, 15) is 9.18 Å². The molecule has 0 N–H and O–H groups in total. The van der Waals surface area contributed by atoms with Crippen LogP contribution in [0.2, 0.25) is 0 Å². The van der Waals surface area contributed by atoms with Gasteiger partial charge in [-0.2, -0.15) is 4.68 Å². The maximum absolute atomic E-state index is 13.5. The molecule has 3 aromatic rings. The topological polar surface area (TPSA) is 76.4 Å². The largest absolute Gasteiger partial charge is 0.484 e. The van der Waals surface area contributed by atoms with Crippen LogP contribution in [-0.4, -0.2) is 68.7 Å². The molecule has 9 heteroatoms. The average molecular weight is 410 g/mol. The van der Waals surface area contributed by atoms with Crippen molar-refractivity contribution in [1.82, 2.24) is 30.0 Å². The lowest BCUT2D eigenvalue weighted by Crippen LogP contribution is -2.49. The van der Waals surface area contributed by atoms with E-state index < -0.39 is 0 Å². The fraction of sp³-hybridized carbons (Fsp3) is 0.333. The third-order valence-electron chi connectivity index (χ3n) is 5.06. The minimum absolute atomic E-state index is 0.0279. The summed E-state index contributed by atoms with van der Waals surface area (Å²) in [5.74, 6) is 0.952. The van der Waals surface area contributed by atoms with Gasteiger partial charge in [-0.3, -0.25) is 9.69 Å². The Kier molecular flexibility index (Phi) is 5.99. The molecule has 2 aromatic carbocycles. The van der Waals surface area contributed by atoms with Gasteiger partial charge in [0.1, 0.15) is 11.6 Å². The number of nitrogens with zero attached hydrogens (tertiary/aromatic N) is 6. The van der Waals surface area contributed by atoms with E-state index in [4.69, 9.17) is 4.74 Å². The number of amides is 1. The van der Waals surface area contributed by atoms with Gasteiger partial charge in [-0.05, 0) is 47.7 Å². The average Bonchev–Trinajstić information content (AvgIpc) is 3.22. The maximum Gasteiger partial charge on any atom is 0.260 e. The number of tetrazole rings is 1. The van der Waals surface area contributed by atoms with Gasteiger partial charge in [0.05, 0.1) is 12.2 Å². The smallest absolute Gasteiger partial charge is 0.260 e. The molecular formula is C21H23FN6O2. The van der Waals surface area contributed by atoms with Gasteiger partial charge >= 0.3 is 0 Å². The molecule has 1 aliphatic heterocycles. The van der Waals surface area contributed by atoms with Crippen molar-refractivity contribution in [2.45, 2.75) is 13.5 Å². The Morgan fingerprint density at radius 1 is 1.10 bits per heavy atom. The molecule has 4 rings (SSSR count). The van der Waals surface area contributed by atoms with E-state index in [-0.39, 0.29) is 18.3 Å². The first-order valence-corrected chi connectivity index (χ1v) is 9.81. The molecule has 0 spiro atoms. The zero-order chi connectivity index (χ0) is 20.9. The van der Waals surface area contributed by atoms with Crippen molar-refractivity contribution in [3.05, 3.63) is 65.7 Å². The highest BCUT2D eigenvalue weighted by Crippen LogP contribution is 2.14. The SMILES string of the molecule is Cc1ccc(OCC(=O)N2CCN(Cc3nnnn3-c3cccc(F)c3)CC2)cc1. The lowest BCUT2D eigenvalue weighted by molar-refractivity contribution is -0.135. The molecule has 0 radical (unpaired) electrons. The highest BCUT2D eigenvalue weighted by molar-refractivity contribution is 5.77. The van der Waals surface area contributed by atoms with Crippen molar-refractivity contribution < 1.29 is 13.9 Å². The second kappa shape index (κ2) is 9.00. The van der Waals surface area contributed by atoms with E-state index in [2.05, 4.69) is 20.4 Å². The zero-order valence-electron chi connectivity index (χ0n) is 16.7. The summed E-state index contributed by atoms with van der Waals surface area (Å²) in [6, 6.07) is 13.8. The van der Waals surface area contributed by atoms with Crippen LogP contribution in [0, 0.1) is 12.7 Å². The molecule has 0 aliphatic carbocycles. The summed E-state index contributed by atoms with van der Waals surface area (Å²) >= 11 is 0. The molecule has 0 unspecified atom stereocenters. The normalized spacial score (nSPS) is 14.7. The molecule has 0 bridgehead atoms. The molecule has 0 atom stereocenters. The van der Waals surface area contributed by atoms with Gasteiger partial charge in [-0.25, -0.2) is 4.39 Å². The first-order valence-electron chi connectivity index (χ1n) is 9.81. The number of benzene rings is 2. The number of aryl methyl sites for hydroxylation is 1. The molecule has 1 aliphatic rings. The van der Waals surface area contributed by atoms with Crippen molar-refractivity contribution >= 4 is 5.91 Å². The van der Waals surface area contributed by atoms with Crippen LogP contribution in [0.4, 0.5) is 4.39 Å². The number of hydrogen-bond acceptors (Lipinski definition) is 6. The number of ether oxygens (including phenoxy) is 1. The molecule has 1 amide bonds. The molecule has 1 aromatic heterocycles. The van der Waals surface area contributed by atoms with Crippen molar-refractivity contribution in [2.24, 2.45) is 0 Å². The van der Waals surface area contributed by atoms with Gasteiger partial charge < -0.3 is 9.64 Å². The summed E-state index contributed by atoms with van der Waals surface area (Å²) in [7, 11) is 0. The first-order chi connectivity index (χ1) is 14.6. The fourth-order valence-corrected chi connectivity index (χ4v) is 3.34. The second-order valence-corrected chi connectivity index (χ2v) is 7.25. The van der Waals surface area contributed by atoms with Crippen LogP contribution in [0.15, 0.2) is 48.5 Å². The summed E-state index contributed by atoms with van der Waals surface area (Å²) in [6.45, 7) is 5.17. The summed E-state index contributed by atoms with van der Waals surface area (Å²) < 4.78 is 20.7. The molecule has 2 heterocycles. The van der Waals surface area contributed by atoms with Crippen molar-refractivity contribution in [3.63, 3.8) is 0 Å². The summed E-state index contributed by atoms with van der Waals surface area (Å²) in [5, 5.41) is 11.8. The van der Waals surface area contributed by atoms with Crippen LogP contribution in [-0.2, 0) is 11.3 Å². The lowest BCUT2D eigenvalue weighted by atomic mass is 10.2.